The van der Waals surface area contributed by atoms with E-state index in [1.54, 1.807) is 11.0 Å². The Morgan fingerprint density at radius 3 is 2.27 bits per heavy atom. The number of anilines is 1. The smallest absolute Gasteiger partial charge is 0.410 e. The lowest BCUT2D eigenvalue weighted by Gasteiger charge is -2.34. The minimum atomic E-state index is -0.572. The van der Waals surface area contributed by atoms with Gasteiger partial charge in [0.15, 0.2) is 0 Å². The van der Waals surface area contributed by atoms with Crippen molar-refractivity contribution < 1.29 is 14.3 Å². The fourth-order valence-electron chi connectivity index (χ4n) is 3.04. The quantitative estimate of drug-likeness (QED) is 0.722. The summed E-state index contributed by atoms with van der Waals surface area (Å²) in [5, 5.41) is 0. The molecule has 0 radical (unpaired) electrons. The number of nitrogens with two attached hydrogens (primary N) is 2. The molecule has 6 nitrogen and oxygen atoms in total. The van der Waals surface area contributed by atoms with E-state index in [-0.39, 0.29) is 17.6 Å². The number of piperidine rings is 1. The summed E-state index contributed by atoms with van der Waals surface area (Å²) >= 11 is 3.39. The largest absolute Gasteiger partial charge is 0.444 e. The van der Waals surface area contributed by atoms with Crippen molar-refractivity contribution in [1.82, 2.24) is 4.90 Å². The summed E-state index contributed by atoms with van der Waals surface area (Å²) in [6, 6.07) is 3.46. The summed E-state index contributed by atoms with van der Waals surface area (Å²) in [5.74, 6) is -0.399. The van der Waals surface area contributed by atoms with Gasteiger partial charge in [0.25, 0.3) is 5.91 Å². The molecule has 1 aliphatic heterocycles. The molecule has 4 N–H and O–H groups in total. The molecule has 0 aliphatic carbocycles. The first-order valence-corrected chi connectivity index (χ1v) is 9.35. The lowest BCUT2D eigenvalue weighted by Crippen LogP contribution is -2.41. The van der Waals surface area contributed by atoms with Crippen LogP contribution in [-0.4, -0.2) is 35.6 Å². The van der Waals surface area contributed by atoms with Gasteiger partial charge in [-0.2, -0.15) is 0 Å². The van der Waals surface area contributed by atoms with Crippen LogP contribution in [0.1, 0.15) is 49.5 Å². The van der Waals surface area contributed by atoms with E-state index in [1.807, 2.05) is 26.8 Å². The normalized spacial score (nSPS) is 15.6. The molecule has 1 aromatic rings. The van der Waals surface area contributed by atoms with Crippen LogP contribution in [0.15, 0.2) is 23.2 Å². The van der Waals surface area contributed by atoms with Gasteiger partial charge < -0.3 is 21.1 Å². The van der Waals surface area contributed by atoms with Gasteiger partial charge in [0.05, 0.1) is 11.3 Å². The fourth-order valence-corrected chi connectivity index (χ4v) is 3.50. The van der Waals surface area contributed by atoms with Crippen LogP contribution >= 0.6 is 15.9 Å². The second-order valence-corrected chi connectivity index (χ2v) is 8.46. The number of ether oxygens (including phenoxy) is 1. The number of halogens is 1. The van der Waals surface area contributed by atoms with Crippen LogP contribution in [-0.2, 0) is 4.74 Å². The Morgan fingerprint density at radius 2 is 1.77 bits per heavy atom. The Morgan fingerprint density at radius 1 is 1.23 bits per heavy atom. The van der Waals surface area contributed by atoms with Crippen LogP contribution in [0.4, 0.5) is 10.5 Å². The van der Waals surface area contributed by atoms with Gasteiger partial charge >= 0.3 is 6.09 Å². The number of carbonyl (C=O) groups is 2. The number of nitrogen functional groups attached to an aromatic ring is 1. The van der Waals surface area contributed by atoms with Crippen molar-refractivity contribution >= 4 is 39.2 Å². The third-order valence-electron chi connectivity index (χ3n) is 4.40. The molecule has 0 bridgehead atoms. The van der Waals surface area contributed by atoms with Crippen LogP contribution in [0.2, 0.25) is 0 Å². The number of likely N-dealkylation sites (tertiary alicyclic amines) is 1. The average molecular weight is 424 g/mol. The number of carbonyl (C=O) groups excluding carboxylic acids is 2. The first kappa shape index (κ1) is 20.3. The second kappa shape index (κ2) is 7.70. The molecule has 0 unspecified atom stereocenters. The molecule has 1 saturated heterocycles. The molecule has 0 spiro atoms. The zero-order valence-corrected chi connectivity index (χ0v) is 17.1. The Labute approximate surface area is 162 Å². The lowest BCUT2D eigenvalue weighted by molar-refractivity contribution is 0.0199. The van der Waals surface area contributed by atoms with Gasteiger partial charge in [-0.3, -0.25) is 4.79 Å². The number of nitrogens with zero attached hydrogens (tertiary/aromatic N) is 1. The summed E-state index contributed by atoms with van der Waals surface area (Å²) in [7, 11) is 0. The van der Waals surface area contributed by atoms with Crippen molar-refractivity contribution in [1.29, 1.82) is 0 Å². The van der Waals surface area contributed by atoms with Gasteiger partial charge in [-0.1, -0.05) is 22.5 Å². The minimum absolute atomic E-state index is 0.172. The summed E-state index contributed by atoms with van der Waals surface area (Å²) in [5.41, 5.74) is 13.2. The Balaban J connectivity index is 2.10. The zero-order valence-electron chi connectivity index (χ0n) is 15.5. The van der Waals surface area contributed by atoms with Gasteiger partial charge in [0, 0.05) is 23.1 Å². The van der Waals surface area contributed by atoms with Crippen molar-refractivity contribution in [2.24, 2.45) is 11.7 Å². The number of hydrogen-bond donors (Lipinski definition) is 2. The third-order valence-corrected chi connectivity index (χ3v) is 4.85. The van der Waals surface area contributed by atoms with Crippen molar-refractivity contribution in [3.05, 3.63) is 34.3 Å². The van der Waals surface area contributed by atoms with E-state index in [4.69, 9.17) is 16.2 Å². The highest BCUT2D eigenvalue weighted by Crippen LogP contribution is 2.36. The first-order chi connectivity index (χ1) is 12.0. The van der Waals surface area contributed by atoms with Crippen LogP contribution in [0.25, 0.3) is 5.57 Å². The molecule has 142 valence electrons. The van der Waals surface area contributed by atoms with Crippen LogP contribution < -0.4 is 11.5 Å². The topological polar surface area (TPSA) is 98.6 Å². The van der Waals surface area contributed by atoms with Crippen LogP contribution in [0.3, 0.4) is 0 Å². The molecular weight excluding hydrogens is 398 g/mol. The first-order valence-electron chi connectivity index (χ1n) is 8.55. The molecule has 7 heteroatoms. The summed E-state index contributed by atoms with van der Waals surface area (Å²) in [4.78, 5) is 25.5. The number of amides is 2. The standard InChI is InChI=1S/C19H26BrN3O3/c1-11(14-9-13(20)10-15(16(14)21)17(22)24)12-5-7-23(8-6-12)18(25)26-19(2,3)4/h9-10,12H,1,5-8,21H2,2-4H3,(H2,22,24). The SMILES string of the molecule is C=C(c1cc(Br)cc(C(N)=O)c1N)C1CCN(C(=O)OC(C)(C)C)CC1. The number of primary amides is 1. The summed E-state index contributed by atoms with van der Waals surface area (Å²) in [6.07, 6.45) is 1.23. The van der Waals surface area contributed by atoms with Crippen molar-refractivity contribution in [2.45, 2.75) is 39.2 Å². The number of benzene rings is 1. The molecule has 2 rings (SSSR count). The lowest BCUT2D eigenvalue weighted by atomic mass is 9.85. The minimum Gasteiger partial charge on any atom is -0.444 e. The molecule has 1 heterocycles. The molecule has 1 aliphatic rings. The number of allylic oxidation sites excluding steroid dienone is 1. The van der Waals surface area contributed by atoms with Crippen LogP contribution in [0, 0.1) is 5.92 Å². The van der Waals surface area contributed by atoms with E-state index < -0.39 is 11.5 Å². The molecule has 2 amide bonds. The highest BCUT2D eigenvalue weighted by Gasteiger charge is 2.29. The Bertz CT molecular complexity index is 732. The van der Waals surface area contributed by atoms with Gasteiger partial charge in [-0.15, -0.1) is 0 Å². The van der Waals surface area contributed by atoms with Crippen molar-refractivity contribution in [3.8, 4) is 0 Å². The highest BCUT2D eigenvalue weighted by atomic mass is 79.9. The maximum atomic E-state index is 12.2. The predicted octanol–water partition coefficient (Wildman–Crippen LogP) is 3.79. The van der Waals surface area contributed by atoms with Gasteiger partial charge in [0.1, 0.15) is 5.60 Å². The highest BCUT2D eigenvalue weighted by molar-refractivity contribution is 9.10. The molecule has 1 aromatic carbocycles. The monoisotopic (exact) mass is 423 g/mol. The predicted molar refractivity (Wildman–Crippen MR) is 107 cm³/mol. The summed E-state index contributed by atoms with van der Waals surface area (Å²) < 4.78 is 6.15. The molecule has 0 atom stereocenters. The molecule has 1 fully saturated rings. The van der Waals surface area contributed by atoms with E-state index in [1.165, 1.54) is 0 Å². The van der Waals surface area contributed by atoms with Crippen LogP contribution in [0.5, 0.6) is 0 Å². The number of rotatable bonds is 3. The third kappa shape index (κ3) is 4.78. The van der Waals surface area contributed by atoms with Gasteiger partial charge in [-0.25, -0.2) is 4.79 Å². The van der Waals surface area contributed by atoms with Gasteiger partial charge in [0.2, 0.25) is 0 Å². The summed E-state index contributed by atoms with van der Waals surface area (Å²) in [6.45, 7) is 10.9. The maximum absolute atomic E-state index is 12.2. The van der Waals surface area contributed by atoms with E-state index in [2.05, 4.69) is 22.5 Å². The number of hydrogen-bond acceptors (Lipinski definition) is 4. The molecule has 26 heavy (non-hydrogen) atoms. The van der Waals surface area contributed by atoms with E-state index in [0.717, 1.165) is 28.5 Å². The Hall–Kier alpha value is -2.02. The van der Waals surface area contributed by atoms with Crippen molar-refractivity contribution in [2.75, 3.05) is 18.8 Å². The van der Waals surface area contributed by atoms with E-state index in [0.29, 0.717) is 18.8 Å². The van der Waals surface area contributed by atoms with E-state index >= 15 is 0 Å². The fraction of sp³-hybridized carbons (Fsp3) is 0.474. The van der Waals surface area contributed by atoms with Gasteiger partial charge in [-0.05, 0) is 57.2 Å². The zero-order chi connectivity index (χ0) is 19.6. The maximum Gasteiger partial charge on any atom is 0.410 e. The van der Waals surface area contributed by atoms with Crippen molar-refractivity contribution in [3.63, 3.8) is 0 Å². The van der Waals surface area contributed by atoms with E-state index in [9.17, 15) is 9.59 Å². The molecule has 0 aromatic heterocycles. The molecule has 0 saturated carbocycles. The second-order valence-electron chi connectivity index (χ2n) is 7.55. The Kier molecular flexibility index (Phi) is 6.01. The molecular formula is C19H26BrN3O3. The average Bonchev–Trinajstić information content (AvgIpc) is 2.54.